The maximum atomic E-state index is 12.9. The van der Waals surface area contributed by atoms with E-state index >= 15 is 0 Å². The number of piperazine rings is 1. The molecule has 1 aromatic carbocycles. The topological polar surface area (TPSA) is 87.2 Å². The van der Waals surface area contributed by atoms with Crippen LogP contribution in [-0.4, -0.2) is 75.6 Å². The van der Waals surface area contributed by atoms with Gasteiger partial charge in [0.25, 0.3) is 0 Å². The molecule has 0 saturated carbocycles. The first kappa shape index (κ1) is 20.6. The van der Waals surface area contributed by atoms with Crippen LogP contribution in [0.15, 0.2) is 29.2 Å². The number of rotatable bonds is 5. The molecule has 3 rings (SSSR count). The third kappa shape index (κ3) is 4.64. The van der Waals surface area contributed by atoms with Crippen LogP contribution in [0.1, 0.15) is 20.3 Å². The number of anilines is 1. The van der Waals surface area contributed by atoms with Crippen molar-refractivity contribution in [2.24, 2.45) is 5.92 Å². The summed E-state index contributed by atoms with van der Waals surface area (Å²) in [5, 5.41) is 0. The normalized spacial score (nSPS) is 21.0. The van der Waals surface area contributed by atoms with Gasteiger partial charge in [0.1, 0.15) is 0 Å². The summed E-state index contributed by atoms with van der Waals surface area (Å²) in [5.41, 5.74) is 0.712. The fourth-order valence-electron chi connectivity index (χ4n) is 3.56. The number of nitrogens with zero attached hydrogens (tertiary/aromatic N) is 3. The summed E-state index contributed by atoms with van der Waals surface area (Å²) >= 11 is 0. The zero-order valence-corrected chi connectivity index (χ0v) is 17.1. The second kappa shape index (κ2) is 8.91. The lowest BCUT2D eigenvalue weighted by atomic mass is 10.2. The summed E-state index contributed by atoms with van der Waals surface area (Å²) in [6, 6.07) is 6.17. The van der Waals surface area contributed by atoms with Crippen molar-refractivity contribution in [3.05, 3.63) is 24.3 Å². The van der Waals surface area contributed by atoms with E-state index in [1.54, 1.807) is 21.9 Å². The molecule has 2 fully saturated rings. The average Bonchev–Trinajstić information content (AvgIpc) is 3.07. The molecule has 0 aromatic heterocycles. The molecule has 9 heteroatoms. The molecule has 1 atom stereocenters. The van der Waals surface area contributed by atoms with Gasteiger partial charge in [-0.15, -0.1) is 0 Å². The van der Waals surface area contributed by atoms with Crippen molar-refractivity contribution < 1.29 is 22.7 Å². The van der Waals surface area contributed by atoms with E-state index < -0.39 is 10.7 Å². The van der Waals surface area contributed by atoms with Crippen LogP contribution in [0.2, 0.25) is 0 Å². The first-order chi connectivity index (χ1) is 13.4. The Morgan fingerprint density at radius 2 is 1.75 bits per heavy atom. The van der Waals surface area contributed by atoms with Crippen LogP contribution in [0.3, 0.4) is 0 Å². The fraction of sp³-hybridized carbons (Fsp3) is 0.579. The summed E-state index contributed by atoms with van der Waals surface area (Å²) in [6.07, 6.45) is 0.429. The van der Waals surface area contributed by atoms with Gasteiger partial charge < -0.3 is 14.5 Å². The Balaban J connectivity index is 1.55. The monoisotopic (exact) mass is 409 g/mol. The molecule has 2 heterocycles. The molecular weight excluding hydrogens is 382 g/mol. The largest absolute Gasteiger partial charge is 0.449 e. The number of carbonyl (C=O) groups excluding carboxylic acids is 2. The van der Waals surface area contributed by atoms with Gasteiger partial charge in [0, 0.05) is 38.4 Å². The van der Waals surface area contributed by atoms with Gasteiger partial charge in [-0.1, -0.05) is 13.8 Å². The Hall–Kier alpha value is -2.13. The van der Waals surface area contributed by atoms with E-state index in [0.717, 1.165) is 0 Å². The van der Waals surface area contributed by atoms with E-state index in [9.17, 15) is 18.0 Å². The SMILES string of the molecule is CC(C)COC(=O)N1CCN([C@H]2CCN(c3ccc([SH](=O)=O)cc3)C2=O)CC1. The van der Waals surface area contributed by atoms with Crippen molar-refractivity contribution in [3.8, 4) is 0 Å². The van der Waals surface area contributed by atoms with E-state index in [2.05, 4.69) is 4.90 Å². The molecular formula is C19H27N3O5S. The molecule has 0 aliphatic carbocycles. The van der Waals surface area contributed by atoms with Gasteiger partial charge in [0.2, 0.25) is 5.91 Å². The van der Waals surface area contributed by atoms with Gasteiger partial charge in [-0.25, -0.2) is 13.2 Å². The minimum Gasteiger partial charge on any atom is -0.449 e. The minimum absolute atomic E-state index is 0.0232. The Morgan fingerprint density at radius 3 is 2.32 bits per heavy atom. The number of ether oxygens (including phenoxy) is 1. The second-order valence-electron chi connectivity index (χ2n) is 7.56. The highest BCUT2D eigenvalue weighted by Gasteiger charge is 2.38. The highest BCUT2D eigenvalue weighted by molar-refractivity contribution is 7.72. The molecule has 2 aliphatic rings. The predicted octanol–water partition coefficient (Wildman–Crippen LogP) is 1.17. The van der Waals surface area contributed by atoms with Crippen molar-refractivity contribution in [2.75, 3.05) is 44.2 Å². The number of thiol groups is 1. The number of hydrogen-bond donors (Lipinski definition) is 1. The van der Waals surface area contributed by atoms with Crippen molar-refractivity contribution in [1.29, 1.82) is 0 Å². The highest BCUT2D eigenvalue weighted by Crippen LogP contribution is 2.25. The third-order valence-corrected chi connectivity index (χ3v) is 5.82. The molecule has 0 unspecified atom stereocenters. The van der Waals surface area contributed by atoms with Crippen molar-refractivity contribution in [1.82, 2.24) is 9.80 Å². The van der Waals surface area contributed by atoms with Crippen LogP contribution in [0.25, 0.3) is 0 Å². The fourth-order valence-corrected chi connectivity index (χ4v) is 3.95. The molecule has 2 saturated heterocycles. The quantitative estimate of drug-likeness (QED) is 0.735. The maximum absolute atomic E-state index is 12.9. The minimum atomic E-state index is -2.62. The summed E-state index contributed by atoms with van der Waals surface area (Å²) in [5.74, 6) is 0.325. The summed E-state index contributed by atoms with van der Waals surface area (Å²) < 4.78 is 27.3. The Labute approximate surface area is 167 Å². The summed E-state index contributed by atoms with van der Waals surface area (Å²) in [6.45, 7) is 7.37. The molecule has 2 aliphatic heterocycles. The lowest BCUT2D eigenvalue weighted by molar-refractivity contribution is -0.122. The van der Waals surface area contributed by atoms with Gasteiger partial charge in [0.05, 0.1) is 17.5 Å². The number of carbonyl (C=O) groups is 2. The molecule has 0 N–H and O–H groups in total. The first-order valence-corrected chi connectivity index (χ1v) is 10.8. The number of amides is 2. The number of hydrogen-bond acceptors (Lipinski definition) is 6. The standard InChI is InChI=1S/C19H27N3O5S/c1-14(2)13-27-19(24)21-11-9-20(10-12-21)17-7-8-22(18(17)23)15-3-5-16(6-4-15)28(25)26/h3-6,14,17,28H,7-13H2,1-2H3/t17-/m0/s1. The van der Waals surface area contributed by atoms with Gasteiger partial charge in [0.15, 0.2) is 10.7 Å². The summed E-state index contributed by atoms with van der Waals surface area (Å²) in [4.78, 5) is 30.7. The van der Waals surface area contributed by atoms with E-state index in [1.165, 1.54) is 12.1 Å². The Kier molecular flexibility index (Phi) is 6.56. The van der Waals surface area contributed by atoms with Crippen LogP contribution in [0.5, 0.6) is 0 Å². The van der Waals surface area contributed by atoms with Gasteiger partial charge in [-0.3, -0.25) is 9.69 Å². The number of benzene rings is 1. The van der Waals surface area contributed by atoms with E-state index in [4.69, 9.17) is 4.74 Å². The zero-order valence-electron chi connectivity index (χ0n) is 16.2. The van der Waals surface area contributed by atoms with Crippen LogP contribution in [-0.2, 0) is 20.2 Å². The van der Waals surface area contributed by atoms with E-state index in [0.29, 0.717) is 57.4 Å². The van der Waals surface area contributed by atoms with Crippen molar-refractivity contribution >= 4 is 28.4 Å². The maximum Gasteiger partial charge on any atom is 0.409 e. The third-order valence-electron chi connectivity index (χ3n) is 5.10. The molecule has 0 spiro atoms. The molecule has 2 amide bonds. The van der Waals surface area contributed by atoms with E-state index in [1.807, 2.05) is 13.8 Å². The second-order valence-corrected chi connectivity index (χ2v) is 8.59. The lowest BCUT2D eigenvalue weighted by Crippen LogP contribution is -2.54. The highest BCUT2D eigenvalue weighted by atomic mass is 32.2. The Bertz CT molecular complexity index is 777. The van der Waals surface area contributed by atoms with Crippen molar-refractivity contribution in [2.45, 2.75) is 31.2 Å². The smallest absolute Gasteiger partial charge is 0.409 e. The Morgan fingerprint density at radius 1 is 1.11 bits per heavy atom. The predicted molar refractivity (Wildman–Crippen MR) is 105 cm³/mol. The average molecular weight is 410 g/mol. The van der Waals surface area contributed by atoms with Crippen LogP contribution < -0.4 is 4.90 Å². The van der Waals surface area contributed by atoms with Crippen LogP contribution in [0, 0.1) is 5.92 Å². The van der Waals surface area contributed by atoms with Gasteiger partial charge in [-0.2, -0.15) is 0 Å². The lowest BCUT2D eigenvalue weighted by Gasteiger charge is -2.36. The van der Waals surface area contributed by atoms with Gasteiger partial charge in [-0.05, 0) is 36.6 Å². The molecule has 1 aromatic rings. The first-order valence-electron chi connectivity index (χ1n) is 9.58. The molecule has 0 radical (unpaired) electrons. The molecule has 0 bridgehead atoms. The van der Waals surface area contributed by atoms with E-state index in [-0.39, 0.29) is 22.9 Å². The summed E-state index contributed by atoms with van der Waals surface area (Å²) in [7, 11) is -2.62. The molecule has 8 nitrogen and oxygen atoms in total. The van der Waals surface area contributed by atoms with Gasteiger partial charge >= 0.3 is 6.09 Å². The zero-order chi connectivity index (χ0) is 20.3. The van der Waals surface area contributed by atoms with Crippen molar-refractivity contribution in [3.63, 3.8) is 0 Å². The molecule has 28 heavy (non-hydrogen) atoms. The van der Waals surface area contributed by atoms with Crippen LogP contribution in [0.4, 0.5) is 10.5 Å². The van der Waals surface area contributed by atoms with Crippen LogP contribution >= 0.6 is 0 Å². The molecule has 154 valence electrons.